The van der Waals surface area contributed by atoms with Gasteiger partial charge in [0.15, 0.2) is 11.5 Å². The molecule has 28 heavy (non-hydrogen) atoms. The summed E-state index contributed by atoms with van der Waals surface area (Å²) in [5.74, 6) is 0.745. The average Bonchev–Trinajstić information content (AvgIpc) is 2.66. The van der Waals surface area contributed by atoms with Crippen molar-refractivity contribution in [2.45, 2.75) is 38.3 Å². The number of rotatable bonds is 9. The van der Waals surface area contributed by atoms with Crippen molar-refractivity contribution in [3.8, 4) is 11.5 Å². The summed E-state index contributed by atoms with van der Waals surface area (Å²) in [4.78, 5) is 12.6. The van der Waals surface area contributed by atoms with Gasteiger partial charge in [-0.15, -0.1) is 0 Å². The topological polar surface area (TPSA) is 93.7 Å². The van der Waals surface area contributed by atoms with Gasteiger partial charge in [0, 0.05) is 18.2 Å². The lowest BCUT2D eigenvalue weighted by Gasteiger charge is -2.12. The third kappa shape index (κ3) is 5.71. The molecular weight excluding hydrogens is 380 g/mol. The van der Waals surface area contributed by atoms with Crippen LogP contribution in [0.2, 0.25) is 0 Å². The second-order valence-electron chi connectivity index (χ2n) is 6.40. The Kier molecular flexibility index (Phi) is 7.42. The van der Waals surface area contributed by atoms with Crippen LogP contribution in [0, 0.1) is 0 Å². The summed E-state index contributed by atoms with van der Waals surface area (Å²) < 4.78 is 37.8. The van der Waals surface area contributed by atoms with E-state index in [2.05, 4.69) is 10.0 Å². The molecule has 0 heterocycles. The molecule has 0 atom stereocenters. The first kappa shape index (κ1) is 21.7. The monoisotopic (exact) mass is 406 g/mol. The fraction of sp³-hybridized carbons (Fsp3) is 0.350. The minimum Gasteiger partial charge on any atom is -0.493 e. The predicted octanol–water partition coefficient (Wildman–Crippen LogP) is 2.71. The summed E-state index contributed by atoms with van der Waals surface area (Å²) in [7, 11) is -2.07. The van der Waals surface area contributed by atoms with E-state index < -0.39 is 10.0 Å². The smallest absolute Gasteiger partial charge is 0.251 e. The van der Waals surface area contributed by atoms with Crippen LogP contribution >= 0.6 is 0 Å². The predicted molar refractivity (Wildman–Crippen MR) is 107 cm³/mol. The van der Waals surface area contributed by atoms with Crippen LogP contribution in [0.1, 0.15) is 36.7 Å². The van der Waals surface area contributed by atoms with E-state index in [4.69, 9.17) is 9.47 Å². The van der Waals surface area contributed by atoms with Gasteiger partial charge in [0.05, 0.1) is 18.6 Å². The molecule has 152 valence electrons. The van der Waals surface area contributed by atoms with E-state index in [0.717, 1.165) is 0 Å². The number of methoxy groups -OCH3 is 1. The highest BCUT2D eigenvalue weighted by atomic mass is 32.2. The van der Waals surface area contributed by atoms with Gasteiger partial charge in [-0.25, -0.2) is 13.1 Å². The van der Waals surface area contributed by atoms with Gasteiger partial charge >= 0.3 is 0 Å². The number of carbonyl (C=O) groups excluding carboxylic acids is 1. The van der Waals surface area contributed by atoms with Gasteiger partial charge in [0.2, 0.25) is 10.0 Å². The first-order chi connectivity index (χ1) is 13.3. The number of sulfonamides is 1. The van der Waals surface area contributed by atoms with Crippen molar-refractivity contribution < 1.29 is 22.7 Å². The lowest BCUT2D eigenvalue weighted by atomic mass is 10.1. The molecule has 0 unspecified atom stereocenters. The van der Waals surface area contributed by atoms with Gasteiger partial charge in [-0.3, -0.25) is 4.79 Å². The Balaban J connectivity index is 2.10. The van der Waals surface area contributed by atoms with Crippen molar-refractivity contribution >= 4 is 15.9 Å². The van der Waals surface area contributed by atoms with Crippen molar-refractivity contribution in [1.82, 2.24) is 10.0 Å². The standard InChI is InChI=1S/C20H26N2O5S/c1-5-27-18-10-9-16(12-19(18)26-4)20(23)21-13-15-7-6-8-17(11-15)28(24,25)22-14(2)3/h6-12,14,22H,5,13H2,1-4H3,(H,21,23). The zero-order chi connectivity index (χ0) is 20.7. The maximum atomic E-state index is 12.4. The number of ether oxygens (including phenoxy) is 2. The van der Waals surface area contributed by atoms with E-state index in [9.17, 15) is 13.2 Å². The lowest BCUT2D eigenvalue weighted by molar-refractivity contribution is 0.0950. The van der Waals surface area contributed by atoms with Crippen LogP contribution in [0.5, 0.6) is 11.5 Å². The molecule has 0 saturated heterocycles. The highest BCUT2D eigenvalue weighted by molar-refractivity contribution is 7.89. The SMILES string of the molecule is CCOc1ccc(C(=O)NCc2cccc(S(=O)(=O)NC(C)C)c2)cc1OC. The highest BCUT2D eigenvalue weighted by Gasteiger charge is 2.16. The molecule has 2 aromatic carbocycles. The first-order valence-corrected chi connectivity index (χ1v) is 10.5. The van der Waals surface area contributed by atoms with Crippen molar-refractivity contribution in [3.05, 3.63) is 53.6 Å². The Bertz CT molecular complexity index is 926. The molecule has 0 radical (unpaired) electrons. The molecule has 0 aliphatic rings. The molecule has 0 aromatic heterocycles. The molecular formula is C20H26N2O5S. The summed E-state index contributed by atoms with van der Waals surface area (Å²) in [6, 6.07) is 11.2. The zero-order valence-corrected chi connectivity index (χ0v) is 17.3. The molecule has 2 rings (SSSR count). The number of hydrogen-bond donors (Lipinski definition) is 2. The maximum absolute atomic E-state index is 12.4. The van der Waals surface area contributed by atoms with Crippen LogP contribution in [0.3, 0.4) is 0 Å². The second-order valence-corrected chi connectivity index (χ2v) is 8.12. The Hall–Kier alpha value is -2.58. The number of carbonyl (C=O) groups is 1. The Morgan fingerprint density at radius 2 is 1.86 bits per heavy atom. The molecule has 1 amide bonds. The van der Waals surface area contributed by atoms with Crippen molar-refractivity contribution in [2.24, 2.45) is 0 Å². The van der Waals surface area contributed by atoms with E-state index in [1.54, 1.807) is 50.2 Å². The number of nitrogens with one attached hydrogen (secondary N) is 2. The van der Waals surface area contributed by atoms with Crippen molar-refractivity contribution in [1.29, 1.82) is 0 Å². The van der Waals surface area contributed by atoms with E-state index >= 15 is 0 Å². The normalized spacial score (nSPS) is 11.3. The molecule has 0 aliphatic carbocycles. The molecule has 0 aliphatic heterocycles. The molecule has 0 fully saturated rings. The zero-order valence-electron chi connectivity index (χ0n) is 16.5. The summed E-state index contributed by atoms with van der Waals surface area (Å²) in [6.45, 7) is 6.07. The molecule has 2 N–H and O–H groups in total. The summed E-state index contributed by atoms with van der Waals surface area (Å²) in [5.41, 5.74) is 1.10. The van der Waals surface area contributed by atoms with E-state index in [0.29, 0.717) is 29.2 Å². The minimum atomic E-state index is -3.59. The minimum absolute atomic E-state index is 0.163. The van der Waals surface area contributed by atoms with Crippen LogP contribution in [-0.2, 0) is 16.6 Å². The van der Waals surface area contributed by atoms with Gasteiger partial charge in [-0.1, -0.05) is 12.1 Å². The molecule has 0 bridgehead atoms. The Morgan fingerprint density at radius 3 is 2.50 bits per heavy atom. The Morgan fingerprint density at radius 1 is 1.11 bits per heavy atom. The van der Waals surface area contributed by atoms with Crippen molar-refractivity contribution in [3.63, 3.8) is 0 Å². The van der Waals surface area contributed by atoms with Gasteiger partial charge in [0.1, 0.15) is 0 Å². The number of benzene rings is 2. The summed E-state index contributed by atoms with van der Waals surface area (Å²) in [5, 5.41) is 2.79. The molecule has 8 heteroatoms. The van der Waals surface area contributed by atoms with Crippen LogP contribution in [0.25, 0.3) is 0 Å². The van der Waals surface area contributed by atoms with Crippen molar-refractivity contribution in [2.75, 3.05) is 13.7 Å². The lowest BCUT2D eigenvalue weighted by Crippen LogP contribution is -2.30. The third-order valence-electron chi connectivity index (χ3n) is 3.78. The van der Waals surface area contributed by atoms with Gasteiger partial charge in [0.25, 0.3) is 5.91 Å². The van der Waals surface area contributed by atoms with E-state index in [1.165, 1.54) is 13.2 Å². The molecule has 0 spiro atoms. The average molecular weight is 407 g/mol. The second kappa shape index (κ2) is 9.57. The van der Waals surface area contributed by atoms with Gasteiger partial charge in [-0.05, 0) is 56.7 Å². The van der Waals surface area contributed by atoms with E-state index in [-0.39, 0.29) is 23.4 Å². The maximum Gasteiger partial charge on any atom is 0.251 e. The molecule has 2 aromatic rings. The van der Waals surface area contributed by atoms with Crippen LogP contribution in [0.4, 0.5) is 0 Å². The molecule has 7 nitrogen and oxygen atoms in total. The van der Waals surface area contributed by atoms with Crippen LogP contribution < -0.4 is 19.5 Å². The Labute approximate surface area is 166 Å². The quantitative estimate of drug-likeness (QED) is 0.668. The fourth-order valence-electron chi connectivity index (χ4n) is 2.57. The van der Waals surface area contributed by atoms with Gasteiger partial charge in [-0.2, -0.15) is 0 Å². The highest BCUT2D eigenvalue weighted by Crippen LogP contribution is 2.28. The van der Waals surface area contributed by atoms with Crippen LogP contribution in [-0.4, -0.2) is 34.1 Å². The third-order valence-corrected chi connectivity index (χ3v) is 5.43. The molecule has 0 saturated carbocycles. The van der Waals surface area contributed by atoms with Crippen LogP contribution in [0.15, 0.2) is 47.4 Å². The largest absolute Gasteiger partial charge is 0.493 e. The fourth-order valence-corrected chi connectivity index (χ4v) is 3.89. The van der Waals surface area contributed by atoms with Gasteiger partial charge < -0.3 is 14.8 Å². The first-order valence-electron chi connectivity index (χ1n) is 8.97. The number of hydrogen-bond acceptors (Lipinski definition) is 5. The summed E-state index contributed by atoms with van der Waals surface area (Å²) >= 11 is 0. The van der Waals surface area contributed by atoms with E-state index in [1.807, 2.05) is 6.92 Å². The summed E-state index contributed by atoms with van der Waals surface area (Å²) in [6.07, 6.45) is 0. The number of amides is 1.